The van der Waals surface area contributed by atoms with E-state index in [0.29, 0.717) is 19.3 Å². The number of nitrogens with one attached hydrogen (secondary N) is 1. The van der Waals surface area contributed by atoms with E-state index in [9.17, 15) is 17.6 Å². The fraction of sp³-hybridized carbons (Fsp3) is 0.417. The number of rotatable bonds is 8. The molecule has 0 heterocycles. The molecule has 0 aliphatic rings. The van der Waals surface area contributed by atoms with Gasteiger partial charge in [-0.2, -0.15) is 0 Å². The topological polar surface area (TPSA) is 83.5 Å². The molecular weight excluding hydrogens is 309 g/mol. The Kier molecular flexibility index (Phi) is 6.38. The number of unbranched alkanes of at least 4 members (excludes halogenated alkanes) is 2. The number of hydrogen-bond acceptors (Lipinski definition) is 3. The number of halogens is 2. The molecule has 0 aliphatic carbocycles. The van der Waals surface area contributed by atoms with Crippen LogP contribution in [0.15, 0.2) is 23.1 Å². The van der Waals surface area contributed by atoms with Crippen LogP contribution in [0.2, 0.25) is 5.02 Å². The van der Waals surface area contributed by atoms with Gasteiger partial charge in [-0.3, -0.25) is 4.79 Å². The summed E-state index contributed by atoms with van der Waals surface area (Å²) < 4.78 is 39.4. The Bertz CT molecular complexity index is 577. The molecule has 2 N–H and O–H groups in total. The first-order chi connectivity index (χ1) is 9.33. The monoisotopic (exact) mass is 323 g/mol. The van der Waals surface area contributed by atoms with Crippen LogP contribution in [-0.4, -0.2) is 26.0 Å². The zero-order valence-corrected chi connectivity index (χ0v) is 12.2. The fourth-order valence-corrected chi connectivity index (χ4v) is 2.85. The summed E-state index contributed by atoms with van der Waals surface area (Å²) >= 11 is 5.55. The van der Waals surface area contributed by atoms with E-state index < -0.39 is 26.7 Å². The average Bonchev–Trinajstić information content (AvgIpc) is 2.32. The smallest absolute Gasteiger partial charge is 0.303 e. The minimum Gasteiger partial charge on any atom is -0.481 e. The van der Waals surface area contributed by atoms with Crippen molar-refractivity contribution >= 4 is 27.6 Å². The lowest BCUT2D eigenvalue weighted by Gasteiger charge is -2.07. The summed E-state index contributed by atoms with van der Waals surface area (Å²) in [6.07, 6.45) is 1.60. The van der Waals surface area contributed by atoms with E-state index in [1.54, 1.807) is 0 Å². The number of benzene rings is 1. The van der Waals surface area contributed by atoms with Gasteiger partial charge in [0.05, 0.1) is 0 Å². The molecule has 20 heavy (non-hydrogen) atoms. The first kappa shape index (κ1) is 16.9. The average molecular weight is 324 g/mol. The van der Waals surface area contributed by atoms with Crippen LogP contribution in [0.4, 0.5) is 4.39 Å². The molecule has 0 atom stereocenters. The second kappa shape index (κ2) is 7.56. The van der Waals surface area contributed by atoms with Crippen LogP contribution in [0, 0.1) is 5.82 Å². The maximum Gasteiger partial charge on any atom is 0.303 e. The van der Waals surface area contributed by atoms with Gasteiger partial charge < -0.3 is 5.11 Å². The summed E-state index contributed by atoms with van der Waals surface area (Å²) in [6, 6.07) is 3.33. The molecule has 0 aromatic heterocycles. The highest BCUT2D eigenvalue weighted by atomic mass is 35.5. The van der Waals surface area contributed by atoms with Crippen molar-refractivity contribution in [3.8, 4) is 0 Å². The van der Waals surface area contributed by atoms with Gasteiger partial charge in [0.25, 0.3) is 0 Å². The van der Waals surface area contributed by atoms with Gasteiger partial charge in [0.2, 0.25) is 10.0 Å². The normalized spacial score (nSPS) is 11.5. The quantitative estimate of drug-likeness (QED) is 0.720. The van der Waals surface area contributed by atoms with Gasteiger partial charge in [-0.05, 0) is 31.0 Å². The lowest BCUT2D eigenvalue weighted by Crippen LogP contribution is -2.25. The van der Waals surface area contributed by atoms with E-state index in [1.807, 2.05) is 0 Å². The SMILES string of the molecule is O=C(O)CCCCCNS(=O)(=O)c1ccc(Cl)cc1F. The van der Waals surface area contributed by atoms with Crippen LogP contribution in [0.5, 0.6) is 0 Å². The molecule has 0 spiro atoms. The van der Waals surface area contributed by atoms with E-state index in [4.69, 9.17) is 16.7 Å². The molecule has 0 radical (unpaired) electrons. The number of hydrogen-bond donors (Lipinski definition) is 2. The highest BCUT2D eigenvalue weighted by Crippen LogP contribution is 2.18. The molecule has 0 saturated carbocycles. The Labute approximate surface area is 121 Å². The summed E-state index contributed by atoms with van der Waals surface area (Å²) in [4.78, 5) is 9.83. The van der Waals surface area contributed by atoms with Crippen molar-refractivity contribution in [2.24, 2.45) is 0 Å². The minimum absolute atomic E-state index is 0.0541. The fourth-order valence-electron chi connectivity index (χ4n) is 1.56. The zero-order chi connectivity index (χ0) is 15.2. The summed E-state index contributed by atoms with van der Waals surface area (Å²) in [5.41, 5.74) is 0. The van der Waals surface area contributed by atoms with Crippen molar-refractivity contribution in [2.75, 3.05) is 6.54 Å². The Morgan fingerprint density at radius 1 is 1.30 bits per heavy atom. The first-order valence-electron chi connectivity index (χ1n) is 5.99. The van der Waals surface area contributed by atoms with E-state index in [2.05, 4.69) is 4.72 Å². The van der Waals surface area contributed by atoms with E-state index in [1.165, 1.54) is 6.07 Å². The molecule has 8 heteroatoms. The molecule has 1 aromatic rings. The first-order valence-corrected chi connectivity index (χ1v) is 7.85. The Morgan fingerprint density at radius 2 is 2.00 bits per heavy atom. The lowest BCUT2D eigenvalue weighted by molar-refractivity contribution is -0.137. The molecule has 0 fully saturated rings. The molecule has 1 aromatic carbocycles. The van der Waals surface area contributed by atoms with Crippen molar-refractivity contribution in [1.82, 2.24) is 4.72 Å². The van der Waals surface area contributed by atoms with Crippen LogP contribution < -0.4 is 4.72 Å². The third-order valence-corrected chi connectivity index (χ3v) is 4.27. The predicted octanol–water partition coefficient (Wildman–Crippen LogP) is 2.40. The van der Waals surface area contributed by atoms with E-state index in [-0.39, 0.29) is 18.0 Å². The van der Waals surface area contributed by atoms with Crippen molar-refractivity contribution in [1.29, 1.82) is 0 Å². The molecule has 0 aliphatic heterocycles. The van der Waals surface area contributed by atoms with Crippen molar-refractivity contribution < 1.29 is 22.7 Å². The maximum atomic E-state index is 13.5. The van der Waals surface area contributed by atoms with Gasteiger partial charge in [0.15, 0.2) is 0 Å². The number of sulfonamides is 1. The van der Waals surface area contributed by atoms with Crippen LogP contribution >= 0.6 is 11.6 Å². The van der Waals surface area contributed by atoms with E-state index >= 15 is 0 Å². The van der Waals surface area contributed by atoms with Crippen molar-refractivity contribution in [3.63, 3.8) is 0 Å². The van der Waals surface area contributed by atoms with Crippen LogP contribution in [0.3, 0.4) is 0 Å². The number of carboxylic acid groups (broad SMARTS) is 1. The summed E-state index contributed by atoms with van der Waals surface area (Å²) in [5, 5.41) is 8.56. The third-order valence-electron chi connectivity index (χ3n) is 2.54. The molecular formula is C12H15ClFNO4S. The zero-order valence-electron chi connectivity index (χ0n) is 10.6. The molecule has 1 rings (SSSR count). The van der Waals surface area contributed by atoms with Crippen LogP contribution in [0.1, 0.15) is 25.7 Å². The summed E-state index contributed by atoms with van der Waals surface area (Å²) in [7, 11) is -3.91. The minimum atomic E-state index is -3.91. The van der Waals surface area contributed by atoms with Crippen molar-refractivity contribution in [2.45, 2.75) is 30.6 Å². The highest BCUT2D eigenvalue weighted by Gasteiger charge is 2.18. The lowest BCUT2D eigenvalue weighted by atomic mass is 10.2. The molecule has 112 valence electrons. The molecule has 0 amide bonds. The Morgan fingerprint density at radius 3 is 2.60 bits per heavy atom. The van der Waals surface area contributed by atoms with Gasteiger partial charge in [0.1, 0.15) is 10.7 Å². The van der Waals surface area contributed by atoms with Gasteiger partial charge in [-0.25, -0.2) is 17.5 Å². The van der Waals surface area contributed by atoms with Gasteiger partial charge in [-0.1, -0.05) is 18.0 Å². The Hall–Kier alpha value is -1.18. The van der Waals surface area contributed by atoms with Crippen LogP contribution in [0.25, 0.3) is 0 Å². The molecule has 0 bridgehead atoms. The van der Waals surface area contributed by atoms with Crippen molar-refractivity contribution in [3.05, 3.63) is 29.0 Å². The third kappa shape index (κ3) is 5.44. The maximum absolute atomic E-state index is 13.5. The van der Waals surface area contributed by atoms with E-state index in [0.717, 1.165) is 12.1 Å². The standard InChI is InChI=1S/C12H15ClFNO4S/c13-9-5-6-11(10(14)8-9)20(18,19)15-7-3-1-2-4-12(16)17/h5-6,8,15H,1-4,7H2,(H,16,17). The highest BCUT2D eigenvalue weighted by molar-refractivity contribution is 7.89. The van der Waals surface area contributed by atoms with Crippen LogP contribution in [-0.2, 0) is 14.8 Å². The van der Waals surface area contributed by atoms with Gasteiger partial charge in [0, 0.05) is 18.0 Å². The Balaban J connectivity index is 2.48. The van der Waals surface area contributed by atoms with Gasteiger partial charge >= 0.3 is 5.97 Å². The largest absolute Gasteiger partial charge is 0.481 e. The summed E-state index contributed by atoms with van der Waals surface area (Å²) in [5.74, 6) is -1.79. The molecule has 0 saturated heterocycles. The summed E-state index contributed by atoms with van der Waals surface area (Å²) in [6.45, 7) is 0.129. The predicted molar refractivity (Wildman–Crippen MR) is 72.7 cm³/mol. The number of carboxylic acids is 1. The molecule has 5 nitrogen and oxygen atoms in total. The number of carbonyl (C=O) groups is 1. The van der Waals surface area contributed by atoms with Gasteiger partial charge in [-0.15, -0.1) is 0 Å². The molecule has 0 unspecified atom stereocenters. The second-order valence-corrected chi connectivity index (χ2v) is 6.35. The second-order valence-electron chi connectivity index (χ2n) is 4.18. The number of aliphatic carboxylic acids is 1.